The normalized spacial score (nSPS) is 26.7. The summed E-state index contributed by atoms with van der Waals surface area (Å²) in [5.74, 6) is 2.28. The van der Waals surface area contributed by atoms with Crippen LogP contribution in [0.4, 0.5) is 4.39 Å². The second-order valence-electron chi connectivity index (χ2n) is 9.37. The van der Waals surface area contributed by atoms with Gasteiger partial charge in [0.25, 0.3) is 5.91 Å². The molecule has 0 bridgehead atoms. The summed E-state index contributed by atoms with van der Waals surface area (Å²) in [6, 6.07) is 6.77. The highest BCUT2D eigenvalue weighted by Gasteiger charge is 2.57. The van der Waals surface area contributed by atoms with E-state index in [1.807, 2.05) is 30.9 Å². The largest absolute Gasteiger partial charge is 0.461 e. The number of nitrogens with one attached hydrogen (secondary N) is 1. The molecule has 2 aliphatic carbocycles. The minimum Gasteiger partial charge on any atom is -0.461 e. The zero-order valence-electron chi connectivity index (χ0n) is 18.2. The van der Waals surface area contributed by atoms with E-state index in [0.29, 0.717) is 58.6 Å². The number of carbonyl (C=O) groups excluding carboxylic acids is 1. The quantitative estimate of drug-likeness (QED) is 0.756. The Morgan fingerprint density at radius 3 is 2.52 bits per heavy atom. The number of piperidine rings is 1. The summed E-state index contributed by atoms with van der Waals surface area (Å²) in [4.78, 5) is 20.0. The summed E-state index contributed by atoms with van der Waals surface area (Å²) in [5.41, 5.74) is 2.20. The van der Waals surface area contributed by atoms with E-state index in [-0.39, 0.29) is 17.3 Å². The van der Waals surface area contributed by atoms with Gasteiger partial charge in [-0.25, -0.2) is 9.38 Å². The van der Waals surface area contributed by atoms with Crippen LogP contribution < -0.4 is 16.0 Å². The van der Waals surface area contributed by atoms with Gasteiger partial charge in [0.15, 0.2) is 0 Å². The lowest BCUT2D eigenvalue weighted by atomic mass is 10.1. The summed E-state index contributed by atoms with van der Waals surface area (Å²) >= 11 is 0. The first-order valence-electron chi connectivity index (χ1n) is 11.0. The highest BCUT2D eigenvalue weighted by atomic mass is 19.1. The van der Waals surface area contributed by atoms with E-state index >= 15 is 0 Å². The van der Waals surface area contributed by atoms with Gasteiger partial charge in [-0.15, -0.1) is 0 Å². The standard InChI is InChI=1S/C25H28FN3O2/c1-5-27-23(28-25(4)10-11-25)20-14(2)31-15(3)21(20)24(30)29-12-18-19(13-29)22(18)16-6-8-17(26)9-7-16/h5-9,18-19,22,28H,2,10-13H2,1,3-4H3/b23-20-,27-5-. The molecule has 1 N–H and O–H groups in total. The molecule has 2 saturated carbocycles. The van der Waals surface area contributed by atoms with Gasteiger partial charge in [-0.3, -0.25) is 4.79 Å². The zero-order valence-corrected chi connectivity index (χ0v) is 18.2. The molecule has 2 atom stereocenters. The maximum Gasteiger partial charge on any atom is 0.258 e. The van der Waals surface area contributed by atoms with Gasteiger partial charge in [0.1, 0.15) is 22.8 Å². The number of hydrogen-bond acceptors (Lipinski definition) is 4. The molecule has 1 aromatic carbocycles. The molecule has 1 aromatic heterocycles. The Kier molecular flexibility index (Phi) is 4.57. The molecular formula is C25H28FN3O2. The highest BCUT2D eigenvalue weighted by molar-refractivity contribution is 5.96. The van der Waals surface area contributed by atoms with Crippen molar-refractivity contribution in [1.29, 1.82) is 0 Å². The number of likely N-dealkylation sites (tertiary alicyclic amines) is 1. The predicted octanol–water partition coefficient (Wildman–Crippen LogP) is 2.92. The van der Waals surface area contributed by atoms with E-state index in [1.54, 1.807) is 6.21 Å². The van der Waals surface area contributed by atoms with Crippen LogP contribution in [-0.4, -0.2) is 35.7 Å². The van der Waals surface area contributed by atoms with E-state index in [2.05, 4.69) is 23.8 Å². The van der Waals surface area contributed by atoms with Crippen molar-refractivity contribution in [1.82, 2.24) is 10.2 Å². The van der Waals surface area contributed by atoms with Gasteiger partial charge < -0.3 is 14.6 Å². The van der Waals surface area contributed by atoms with Crippen LogP contribution in [0.5, 0.6) is 0 Å². The average molecular weight is 422 g/mol. The third kappa shape index (κ3) is 3.48. The maximum absolute atomic E-state index is 13.5. The van der Waals surface area contributed by atoms with Crippen LogP contribution in [0.2, 0.25) is 0 Å². The summed E-state index contributed by atoms with van der Waals surface area (Å²) in [6.45, 7) is 11.3. The molecule has 0 spiro atoms. The number of aryl methyl sites for hydroxylation is 1. The van der Waals surface area contributed by atoms with Crippen LogP contribution in [0.15, 0.2) is 33.7 Å². The maximum atomic E-state index is 13.5. The minimum atomic E-state index is -0.214. The molecule has 1 amide bonds. The summed E-state index contributed by atoms with van der Waals surface area (Å²) < 4.78 is 19.0. The number of benzene rings is 1. The molecule has 31 heavy (non-hydrogen) atoms. The summed E-state index contributed by atoms with van der Waals surface area (Å²) in [6.07, 6.45) is 3.87. The Labute approximate surface area is 181 Å². The van der Waals surface area contributed by atoms with Crippen molar-refractivity contribution in [3.8, 4) is 0 Å². The summed E-state index contributed by atoms with van der Waals surface area (Å²) in [7, 11) is 0. The molecule has 2 heterocycles. The molecule has 162 valence electrons. The zero-order chi connectivity index (χ0) is 21.9. The van der Waals surface area contributed by atoms with Gasteiger partial charge in [0, 0.05) is 24.8 Å². The number of rotatable bonds is 5. The minimum absolute atomic E-state index is 0.0113. The number of halogens is 1. The molecule has 0 radical (unpaired) electrons. The van der Waals surface area contributed by atoms with Crippen molar-refractivity contribution in [3.05, 3.63) is 57.6 Å². The second kappa shape index (κ2) is 7.08. The number of furan rings is 1. The lowest BCUT2D eigenvalue weighted by Gasteiger charge is -2.20. The molecule has 3 aliphatic rings. The second-order valence-corrected chi connectivity index (χ2v) is 9.37. The van der Waals surface area contributed by atoms with E-state index < -0.39 is 0 Å². The van der Waals surface area contributed by atoms with Gasteiger partial charge in [-0.2, -0.15) is 0 Å². The third-order valence-electron chi connectivity index (χ3n) is 7.02. The highest BCUT2D eigenvalue weighted by Crippen LogP contribution is 2.58. The number of fused-ring (bicyclic) bond motifs is 1. The number of nitrogens with zero attached hydrogens (tertiary/aromatic N) is 2. The van der Waals surface area contributed by atoms with Crippen LogP contribution >= 0.6 is 0 Å². The van der Waals surface area contributed by atoms with Crippen LogP contribution in [0.1, 0.15) is 54.3 Å². The predicted molar refractivity (Wildman–Crippen MR) is 119 cm³/mol. The van der Waals surface area contributed by atoms with Gasteiger partial charge in [-0.1, -0.05) is 18.7 Å². The fourth-order valence-electron chi connectivity index (χ4n) is 5.03. The molecule has 2 aromatic rings. The molecule has 5 nitrogen and oxygen atoms in total. The smallest absolute Gasteiger partial charge is 0.258 e. The SMILES string of the molecule is C=c1oc(C)c(C(=O)N2CC3C(C2)C3c2ccc(F)cc2)/c1=C(/N=C\C)NC1(C)CC1. The van der Waals surface area contributed by atoms with Crippen LogP contribution in [0, 0.1) is 24.6 Å². The molecule has 2 unspecified atom stereocenters. The van der Waals surface area contributed by atoms with Gasteiger partial charge >= 0.3 is 0 Å². The molecule has 3 fully saturated rings. The fourth-order valence-corrected chi connectivity index (χ4v) is 5.03. The third-order valence-corrected chi connectivity index (χ3v) is 7.02. The van der Waals surface area contributed by atoms with Crippen LogP contribution in [0.3, 0.4) is 0 Å². The van der Waals surface area contributed by atoms with Gasteiger partial charge in [0.05, 0.1) is 10.8 Å². The van der Waals surface area contributed by atoms with Crippen molar-refractivity contribution in [2.75, 3.05) is 13.1 Å². The lowest BCUT2D eigenvalue weighted by molar-refractivity contribution is 0.0770. The van der Waals surface area contributed by atoms with E-state index in [0.717, 1.165) is 12.8 Å². The van der Waals surface area contributed by atoms with Crippen molar-refractivity contribution in [2.24, 2.45) is 16.8 Å². The van der Waals surface area contributed by atoms with Crippen molar-refractivity contribution >= 4 is 24.5 Å². The van der Waals surface area contributed by atoms with E-state index in [4.69, 9.17) is 4.42 Å². The molecule has 1 saturated heterocycles. The molecule has 5 rings (SSSR count). The monoisotopic (exact) mass is 421 g/mol. The van der Waals surface area contributed by atoms with Gasteiger partial charge in [0.2, 0.25) is 0 Å². The van der Waals surface area contributed by atoms with Crippen molar-refractivity contribution in [2.45, 2.75) is 45.1 Å². The molecular weight excluding hydrogens is 393 g/mol. The molecule has 6 heteroatoms. The summed E-state index contributed by atoms with van der Waals surface area (Å²) in [5, 5.41) is 4.16. The van der Waals surface area contributed by atoms with Crippen molar-refractivity contribution < 1.29 is 13.6 Å². The van der Waals surface area contributed by atoms with Gasteiger partial charge in [-0.05, 0) is 69.1 Å². The Bertz CT molecular complexity index is 1160. The van der Waals surface area contributed by atoms with Crippen LogP contribution in [0.25, 0.3) is 12.4 Å². The van der Waals surface area contributed by atoms with E-state index in [1.165, 1.54) is 17.7 Å². The van der Waals surface area contributed by atoms with Crippen molar-refractivity contribution in [3.63, 3.8) is 0 Å². The first kappa shape index (κ1) is 20.0. The number of amides is 1. The Morgan fingerprint density at radius 1 is 1.29 bits per heavy atom. The number of carbonyl (C=O) groups is 1. The first-order valence-corrected chi connectivity index (χ1v) is 11.0. The lowest BCUT2D eigenvalue weighted by Crippen LogP contribution is -2.40. The number of aliphatic imine (C=N–C) groups is 1. The molecule has 1 aliphatic heterocycles. The topological polar surface area (TPSA) is 57.8 Å². The first-order chi connectivity index (χ1) is 14.8. The Balaban J connectivity index is 1.42. The average Bonchev–Trinajstić information content (AvgIpc) is 3.53. The van der Waals surface area contributed by atoms with Crippen LogP contribution in [-0.2, 0) is 0 Å². The fraction of sp³-hybridized carbons (Fsp3) is 0.440. The number of hydrogen-bond donors (Lipinski definition) is 1. The van der Waals surface area contributed by atoms with E-state index in [9.17, 15) is 9.18 Å². The Hall–Kier alpha value is -2.89. The Morgan fingerprint density at radius 2 is 1.94 bits per heavy atom.